The van der Waals surface area contributed by atoms with Gasteiger partial charge in [0.25, 0.3) is 0 Å². The number of hydrogen-bond acceptors (Lipinski definition) is 4. The lowest BCUT2D eigenvalue weighted by atomic mass is 9.96. The monoisotopic (exact) mass is 488 g/mol. The number of aromatic nitrogens is 2. The van der Waals surface area contributed by atoms with E-state index in [9.17, 15) is 4.79 Å². The summed E-state index contributed by atoms with van der Waals surface area (Å²) in [6.45, 7) is 3.24. The molecule has 0 unspecified atom stereocenters. The van der Waals surface area contributed by atoms with Crippen molar-refractivity contribution in [1.82, 2.24) is 14.5 Å². The molecular formula is C28H29ClN4O2. The average molecular weight is 489 g/mol. The van der Waals surface area contributed by atoms with E-state index >= 15 is 0 Å². The van der Waals surface area contributed by atoms with Crippen LogP contribution in [0.4, 0.5) is 5.69 Å². The number of halogens is 1. The number of para-hydroxylation sites is 2. The van der Waals surface area contributed by atoms with Crippen molar-refractivity contribution in [3.05, 3.63) is 89.2 Å². The molecule has 1 aliphatic heterocycles. The highest BCUT2D eigenvalue weighted by molar-refractivity contribution is 6.30. The maximum absolute atomic E-state index is 12.7. The molecule has 5 rings (SSSR count). The third-order valence-corrected chi connectivity index (χ3v) is 6.92. The highest BCUT2D eigenvalue weighted by atomic mass is 35.5. The summed E-state index contributed by atoms with van der Waals surface area (Å²) in [5.74, 6) is 2.00. The largest absolute Gasteiger partial charge is 0.497 e. The molecule has 1 aliphatic rings. The SMILES string of the molecule is COc1ccc(Cn2c(CN3CCC(C(=O)Nc4ccc(Cl)cc4)CC3)nc3ccccc32)cc1. The minimum absolute atomic E-state index is 0.0139. The molecule has 1 N–H and O–H groups in total. The fourth-order valence-corrected chi connectivity index (χ4v) is 4.79. The molecule has 3 aromatic carbocycles. The second-order valence-corrected chi connectivity index (χ2v) is 9.43. The number of anilines is 1. The summed E-state index contributed by atoms with van der Waals surface area (Å²) in [7, 11) is 1.68. The van der Waals surface area contributed by atoms with Gasteiger partial charge in [-0.3, -0.25) is 9.69 Å². The number of fused-ring (bicyclic) bond motifs is 1. The maximum Gasteiger partial charge on any atom is 0.227 e. The zero-order valence-electron chi connectivity index (χ0n) is 19.8. The van der Waals surface area contributed by atoms with Gasteiger partial charge in [0.2, 0.25) is 5.91 Å². The lowest BCUT2D eigenvalue weighted by molar-refractivity contribution is -0.121. The quantitative estimate of drug-likeness (QED) is 0.368. The number of likely N-dealkylation sites (tertiary alicyclic amines) is 1. The van der Waals surface area contributed by atoms with Gasteiger partial charge in [-0.05, 0) is 80.0 Å². The van der Waals surface area contributed by atoms with Crippen LogP contribution in [0.15, 0.2) is 72.8 Å². The first kappa shape index (κ1) is 23.4. The van der Waals surface area contributed by atoms with Gasteiger partial charge in [-0.15, -0.1) is 0 Å². The summed E-state index contributed by atoms with van der Waals surface area (Å²) >= 11 is 5.94. The van der Waals surface area contributed by atoms with E-state index in [2.05, 4.69) is 45.1 Å². The number of rotatable bonds is 7. The smallest absolute Gasteiger partial charge is 0.227 e. The highest BCUT2D eigenvalue weighted by Gasteiger charge is 2.26. The van der Waals surface area contributed by atoms with Crippen molar-refractivity contribution in [2.24, 2.45) is 5.92 Å². The van der Waals surface area contributed by atoms with Crippen molar-refractivity contribution in [3.63, 3.8) is 0 Å². The predicted octanol–water partition coefficient (Wildman–Crippen LogP) is 5.60. The van der Waals surface area contributed by atoms with Crippen LogP contribution in [0.2, 0.25) is 5.02 Å². The Morgan fingerprint density at radius 3 is 2.43 bits per heavy atom. The fourth-order valence-electron chi connectivity index (χ4n) is 4.67. The zero-order valence-corrected chi connectivity index (χ0v) is 20.5. The molecule has 0 radical (unpaired) electrons. The van der Waals surface area contributed by atoms with Crippen molar-refractivity contribution in [2.45, 2.75) is 25.9 Å². The number of carbonyl (C=O) groups is 1. The Labute approximate surface area is 210 Å². The number of nitrogens with one attached hydrogen (secondary N) is 1. The summed E-state index contributed by atoms with van der Waals surface area (Å²) in [4.78, 5) is 20.1. The number of amides is 1. The predicted molar refractivity (Wildman–Crippen MR) is 140 cm³/mol. The summed E-state index contributed by atoms with van der Waals surface area (Å²) in [6.07, 6.45) is 1.66. The van der Waals surface area contributed by atoms with Gasteiger partial charge >= 0.3 is 0 Å². The third-order valence-electron chi connectivity index (χ3n) is 6.67. The van der Waals surface area contributed by atoms with E-state index in [1.54, 1.807) is 19.2 Å². The number of benzene rings is 3. The van der Waals surface area contributed by atoms with Crippen LogP contribution in [0.25, 0.3) is 11.0 Å². The first-order chi connectivity index (χ1) is 17.1. The first-order valence-electron chi connectivity index (χ1n) is 11.9. The molecule has 7 heteroatoms. The molecule has 0 aliphatic carbocycles. The second kappa shape index (κ2) is 10.5. The molecule has 0 spiro atoms. The van der Waals surface area contributed by atoms with Gasteiger partial charge in [-0.1, -0.05) is 35.9 Å². The molecule has 0 saturated carbocycles. The first-order valence-corrected chi connectivity index (χ1v) is 12.3. The van der Waals surface area contributed by atoms with Crippen molar-refractivity contribution >= 4 is 34.2 Å². The minimum atomic E-state index is 0.0139. The summed E-state index contributed by atoms with van der Waals surface area (Å²) < 4.78 is 7.60. The number of piperidine rings is 1. The van der Waals surface area contributed by atoms with Gasteiger partial charge in [0.1, 0.15) is 11.6 Å². The Bertz CT molecular complexity index is 1290. The number of nitrogens with zero attached hydrogens (tertiary/aromatic N) is 3. The van der Waals surface area contributed by atoms with E-state index in [0.717, 1.165) is 67.3 Å². The Kier molecular flexibility index (Phi) is 7.02. The van der Waals surface area contributed by atoms with Crippen LogP contribution in [-0.4, -0.2) is 40.6 Å². The molecule has 1 saturated heterocycles. The number of ether oxygens (including phenoxy) is 1. The van der Waals surface area contributed by atoms with Crippen molar-refractivity contribution < 1.29 is 9.53 Å². The van der Waals surface area contributed by atoms with E-state index in [0.29, 0.717) is 5.02 Å². The Morgan fingerprint density at radius 2 is 1.71 bits per heavy atom. The van der Waals surface area contributed by atoms with Crippen LogP contribution in [0.1, 0.15) is 24.2 Å². The van der Waals surface area contributed by atoms with Crippen molar-refractivity contribution in [1.29, 1.82) is 0 Å². The number of carbonyl (C=O) groups excluding carboxylic acids is 1. The van der Waals surface area contributed by atoms with Crippen LogP contribution >= 0.6 is 11.6 Å². The van der Waals surface area contributed by atoms with Gasteiger partial charge < -0.3 is 14.6 Å². The summed E-state index contributed by atoms with van der Waals surface area (Å²) in [6, 6.07) is 23.7. The lowest BCUT2D eigenvalue weighted by Crippen LogP contribution is -2.38. The van der Waals surface area contributed by atoms with E-state index in [1.165, 1.54) is 5.56 Å². The minimum Gasteiger partial charge on any atom is -0.497 e. The van der Waals surface area contributed by atoms with E-state index < -0.39 is 0 Å². The second-order valence-electron chi connectivity index (χ2n) is 9.00. The summed E-state index contributed by atoms with van der Waals surface area (Å²) in [5.41, 5.74) is 4.13. The normalized spacial score (nSPS) is 14.8. The molecule has 2 heterocycles. The van der Waals surface area contributed by atoms with E-state index in [-0.39, 0.29) is 11.8 Å². The maximum atomic E-state index is 12.7. The fraction of sp³-hybridized carbons (Fsp3) is 0.286. The van der Waals surface area contributed by atoms with Gasteiger partial charge in [0, 0.05) is 23.2 Å². The molecule has 1 amide bonds. The number of hydrogen-bond donors (Lipinski definition) is 1. The van der Waals surface area contributed by atoms with Gasteiger partial charge in [-0.2, -0.15) is 0 Å². The van der Waals surface area contributed by atoms with E-state index in [4.69, 9.17) is 21.3 Å². The molecular weight excluding hydrogens is 460 g/mol. The molecule has 35 heavy (non-hydrogen) atoms. The molecule has 0 atom stereocenters. The van der Waals surface area contributed by atoms with Crippen molar-refractivity contribution in [2.75, 3.05) is 25.5 Å². The van der Waals surface area contributed by atoms with Crippen LogP contribution in [0.3, 0.4) is 0 Å². The van der Waals surface area contributed by atoms with Crippen LogP contribution in [0.5, 0.6) is 5.75 Å². The summed E-state index contributed by atoms with van der Waals surface area (Å²) in [5, 5.41) is 3.69. The van der Waals surface area contributed by atoms with Crippen LogP contribution in [0, 0.1) is 5.92 Å². The average Bonchev–Trinajstić information content (AvgIpc) is 3.23. The molecule has 0 bridgehead atoms. The Balaban J connectivity index is 1.25. The standard InChI is InChI=1S/C28H29ClN4O2/c1-35-24-12-6-20(7-13-24)18-33-26-5-3-2-4-25(26)31-27(33)19-32-16-14-21(15-17-32)28(34)30-23-10-8-22(29)9-11-23/h2-13,21H,14-19H2,1H3,(H,30,34). The molecule has 4 aromatic rings. The number of imidazole rings is 1. The molecule has 1 fully saturated rings. The Morgan fingerprint density at radius 1 is 1.00 bits per heavy atom. The highest BCUT2D eigenvalue weighted by Crippen LogP contribution is 2.24. The lowest BCUT2D eigenvalue weighted by Gasteiger charge is -2.31. The van der Waals surface area contributed by atoms with E-state index in [1.807, 2.05) is 30.3 Å². The molecule has 6 nitrogen and oxygen atoms in total. The van der Waals surface area contributed by atoms with Gasteiger partial charge in [-0.25, -0.2) is 4.98 Å². The van der Waals surface area contributed by atoms with Crippen LogP contribution < -0.4 is 10.1 Å². The van der Waals surface area contributed by atoms with Gasteiger partial charge in [0.05, 0.1) is 24.7 Å². The molecule has 180 valence electrons. The van der Waals surface area contributed by atoms with Gasteiger partial charge in [0.15, 0.2) is 0 Å². The number of methoxy groups -OCH3 is 1. The Hall–Kier alpha value is -3.35. The topological polar surface area (TPSA) is 59.4 Å². The third kappa shape index (κ3) is 5.50. The van der Waals surface area contributed by atoms with Crippen molar-refractivity contribution in [3.8, 4) is 5.75 Å². The zero-order chi connectivity index (χ0) is 24.2. The molecule has 1 aromatic heterocycles. The van der Waals surface area contributed by atoms with Crippen LogP contribution in [-0.2, 0) is 17.9 Å².